The van der Waals surface area contributed by atoms with Gasteiger partial charge in [0.2, 0.25) is 5.69 Å². The first-order chi connectivity index (χ1) is 8.43. The number of nitrogens with zero attached hydrogens (tertiary/aromatic N) is 1. The molecule has 0 aromatic heterocycles. The molecule has 1 atom stereocenters. The lowest BCUT2D eigenvalue weighted by molar-refractivity contribution is -0.325. The molecule has 0 bridgehead atoms. The molecule has 0 aliphatic heterocycles. The van der Waals surface area contributed by atoms with Gasteiger partial charge in [0.25, 0.3) is 12.4 Å². The number of thiol groups is 1. The van der Waals surface area contributed by atoms with E-state index in [1.807, 2.05) is 0 Å². The minimum atomic E-state index is -1.16. The molecule has 1 aromatic rings. The van der Waals surface area contributed by atoms with E-state index in [1.54, 1.807) is 6.07 Å². The van der Waals surface area contributed by atoms with Crippen LogP contribution in [-0.2, 0) is 12.4 Å². The first-order valence-electron chi connectivity index (χ1n) is 4.80. The maximum Gasteiger partial charge on any atom is 0.342 e. The molecule has 0 radical (unpaired) electrons. The number of aliphatic hydroxyl groups is 2. The molecule has 0 amide bonds. The van der Waals surface area contributed by atoms with E-state index in [0.717, 1.165) is 0 Å². The fourth-order valence-corrected chi connectivity index (χ4v) is 1.15. The fourth-order valence-electron chi connectivity index (χ4n) is 0.871. The molecule has 0 heterocycles. The Morgan fingerprint density at radius 2 is 2.06 bits per heavy atom. The Labute approximate surface area is 115 Å². The topological polar surface area (TPSA) is 104 Å². The van der Waals surface area contributed by atoms with Crippen LogP contribution in [-0.4, -0.2) is 43.9 Å². The largest absolute Gasteiger partial charge is 0.605 e. The van der Waals surface area contributed by atoms with Gasteiger partial charge in [-0.1, -0.05) is 16.2 Å². The number of hydrogen-bond donors (Lipinski definition) is 4. The summed E-state index contributed by atoms with van der Waals surface area (Å²) in [4.78, 5) is 10.5. The zero-order valence-electron chi connectivity index (χ0n) is 9.26. The fraction of sp³-hybridized carbons (Fsp3) is 0.300. The van der Waals surface area contributed by atoms with Crippen molar-refractivity contribution in [1.29, 1.82) is 0 Å². The molecule has 8 heteroatoms. The Morgan fingerprint density at radius 3 is 2.33 bits per heavy atom. The van der Waals surface area contributed by atoms with Gasteiger partial charge in [-0.05, 0) is 6.07 Å². The van der Waals surface area contributed by atoms with E-state index >= 15 is 0 Å². The van der Waals surface area contributed by atoms with Gasteiger partial charge in [0.05, 0.1) is 12.7 Å². The van der Waals surface area contributed by atoms with E-state index in [-0.39, 0.29) is 22.0 Å². The first kappa shape index (κ1) is 16.8. The van der Waals surface area contributed by atoms with Gasteiger partial charge >= 0.3 is 5.97 Å². The molecule has 1 rings (SSSR count). The van der Waals surface area contributed by atoms with Crippen molar-refractivity contribution in [2.45, 2.75) is 6.10 Å². The van der Waals surface area contributed by atoms with E-state index in [9.17, 15) is 10.0 Å². The Bertz CT molecular complexity index is 376. The number of carboxylic acid groups (broad SMARTS) is 1. The normalized spacial score (nSPS) is 11.1. The van der Waals surface area contributed by atoms with Gasteiger partial charge in [0, 0.05) is 11.8 Å². The van der Waals surface area contributed by atoms with Crippen molar-refractivity contribution in [2.75, 3.05) is 12.4 Å². The second kappa shape index (κ2) is 8.81. The number of carboxylic acids is 1. The number of aliphatic hydroxyl groups excluding tert-OH is 2. The summed E-state index contributed by atoms with van der Waals surface area (Å²) in [7, 11) is 0. The molecule has 6 nitrogen and oxygen atoms in total. The van der Waals surface area contributed by atoms with E-state index in [0.29, 0.717) is 5.75 Å². The van der Waals surface area contributed by atoms with Crippen LogP contribution in [0.3, 0.4) is 0 Å². The predicted octanol–water partition coefficient (Wildman–Crippen LogP) is 0.526. The average Bonchev–Trinajstić information content (AvgIpc) is 2.38. The molecule has 0 aliphatic carbocycles. The number of benzene rings is 1. The Hall–Kier alpha value is -1.22. The molecule has 0 fully saturated rings. The van der Waals surface area contributed by atoms with E-state index in [4.69, 9.17) is 15.3 Å². The summed E-state index contributed by atoms with van der Waals surface area (Å²) in [5, 5.41) is 35.6. The summed E-state index contributed by atoms with van der Waals surface area (Å²) < 4.78 is 0.115. The molecule has 1 aromatic carbocycles. The maximum absolute atomic E-state index is 10.6. The summed E-state index contributed by atoms with van der Waals surface area (Å²) in [5.41, 5.74) is -0.0949. The van der Waals surface area contributed by atoms with Crippen LogP contribution in [0.25, 0.3) is 0 Å². The number of para-hydroxylation sites is 1. The highest BCUT2D eigenvalue weighted by molar-refractivity contribution is 7.80. The highest BCUT2D eigenvalue weighted by atomic mass is 32.1. The van der Waals surface area contributed by atoms with Crippen LogP contribution in [0.1, 0.15) is 10.4 Å². The van der Waals surface area contributed by atoms with Crippen LogP contribution in [0.4, 0.5) is 5.69 Å². The van der Waals surface area contributed by atoms with Gasteiger partial charge in [-0.3, -0.25) is 0 Å². The van der Waals surface area contributed by atoms with Crippen LogP contribution in [0.2, 0.25) is 0 Å². The van der Waals surface area contributed by atoms with Crippen molar-refractivity contribution in [3.05, 3.63) is 35.0 Å². The number of rotatable bonds is 4. The molecule has 1 unspecified atom stereocenters. The van der Waals surface area contributed by atoms with Gasteiger partial charge in [0.1, 0.15) is 5.56 Å². The lowest BCUT2D eigenvalue weighted by Gasteiger charge is -1.99. The molecule has 0 saturated heterocycles. The van der Waals surface area contributed by atoms with Gasteiger partial charge in [-0.25, -0.2) is 4.79 Å². The minimum absolute atomic E-state index is 0.0139. The summed E-state index contributed by atoms with van der Waals surface area (Å²) in [6, 6.07) is 5.78. The first-order valence-corrected chi connectivity index (χ1v) is 5.80. The van der Waals surface area contributed by atoms with E-state index < -0.39 is 12.1 Å². The molecule has 0 spiro atoms. The summed E-state index contributed by atoms with van der Waals surface area (Å²) in [5.74, 6) is -0.826. The van der Waals surface area contributed by atoms with Crippen LogP contribution in [0.15, 0.2) is 24.3 Å². The van der Waals surface area contributed by atoms with E-state index in [2.05, 4.69) is 25.1 Å². The monoisotopic (exact) mass is 291 g/mol. The van der Waals surface area contributed by atoms with Crippen molar-refractivity contribution in [3.8, 4) is 0 Å². The second-order valence-electron chi connectivity index (χ2n) is 3.10. The van der Waals surface area contributed by atoms with Crippen molar-refractivity contribution in [1.82, 2.24) is 0 Å². The molecule has 3 N–H and O–H groups in total. The Balaban J connectivity index is 0.000000411. The lowest BCUT2D eigenvalue weighted by Crippen LogP contribution is -2.12. The zero-order valence-corrected chi connectivity index (χ0v) is 11.0. The average molecular weight is 291 g/mol. The van der Waals surface area contributed by atoms with Gasteiger partial charge in [0.15, 0.2) is 0 Å². The summed E-state index contributed by atoms with van der Waals surface area (Å²) in [6.07, 6.45) is -0.645. The third-order valence-electron chi connectivity index (χ3n) is 1.75. The second-order valence-corrected chi connectivity index (χ2v) is 3.80. The van der Waals surface area contributed by atoms with Crippen LogP contribution >= 0.6 is 12.6 Å². The standard InChI is InChI=1S/C7H5NO3S.C3H8O2S/c9-7(10)5-3-1-2-4-6(5)8(11)12;4-1-3(5)2-6/h1-4H,(H,9,10);3-6H,1-2H2. The number of carbonyl (C=O) groups is 1. The smallest absolute Gasteiger partial charge is 0.342 e. The predicted molar refractivity (Wildman–Crippen MR) is 71.0 cm³/mol. The third-order valence-corrected chi connectivity index (χ3v) is 2.37. The molecule has 0 aliphatic rings. The maximum atomic E-state index is 10.6. The molecule has 18 heavy (non-hydrogen) atoms. The number of hydrogen-bond acceptors (Lipinski definition) is 6. The molecule has 100 valence electrons. The van der Waals surface area contributed by atoms with Crippen molar-refractivity contribution >= 4 is 36.7 Å². The highest BCUT2D eigenvalue weighted by Gasteiger charge is 2.14. The molecular formula is C10H13NO5S2. The SMILES string of the molecule is O=C(O)c1ccccc1[N+]([O-])=S.OCC(O)CS. The van der Waals surface area contributed by atoms with Crippen LogP contribution < -0.4 is 0 Å². The van der Waals surface area contributed by atoms with Gasteiger partial charge in [-0.15, -0.1) is 0 Å². The minimum Gasteiger partial charge on any atom is -0.605 e. The third kappa shape index (κ3) is 5.92. The highest BCUT2D eigenvalue weighted by Crippen LogP contribution is 2.16. The summed E-state index contributed by atoms with van der Waals surface area (Å²) >= 11 is 7.95. The van der Waals surface area contributed by atoms with Crippen LogP contribution in [0, 0.1) is 5.21 Å². The molecular weight excluding hydrogens is 278 g/mol. The van der Waals surface area contributed by atoms with Gasteiger partial charge < -0.3 is 20.5 Å². The van der Waals surface area contributed by atoms with E-state index in [1.165, 1.54) is 18.2 Å². The van der Waals surface area contributed by atoms with Crippen molar-refractivity contribution < 1.29 is 24.2 Å². The van der Waals surface area contributed by atoms with Crippen LogP contribution in [0.5, 0.6) is 0 Å². The Kier molecular flexibility index (Phi) is 8.21. The quantitative estimate of drug-likeness (QED) is 0.366. The summed E-state index contributed by atoms with van der Waals surface area (Å²) in [6.45, 7) is -0.191. The number of aromatic carboxylic acids is 1. The van der Waals surface area contributed by atoms with Crippen molar-refractivity contribution in [2.24, 2.45) is 0 Å². The molecule has 0 saturated carbocycles. The Morgan fingerprint density at radius 1 is 1.50 bits per heavy atom. The van der Waals surface area contributed by atoms with Crippen molar-refractivity contribution in [3.63, 3.8) is 0 Å². The van der Waals surface area contributed by atoms with Gasteiger partial charge in [-0.2, -0.15) is 12.6 Å². The lowest BCUT2D eigenvalue weighted by atomic mass is 10.2. The zero-order chi connectivity index (χ0) is 14.1.